The number of nitrogens with two attached hydrogens (primary N) is 1. The van der Waals surface area contributed by atoms with Crippen molar-refractivity contribution in [3.63, 3.8) is 0 Å². The highest BCUT2D eigenvalue weighted by molar-refractivity contribution is 5.89. The lowest BCUT2D eigenvalue weighted by Crippen LogP contribution is -2.02. The molecule has 0 bridgehead atoms. The summed E-state index contributed by atoms with van der Waals surface area (Å²) in [6.45, 7) is 1.97. The third-order valence-electron chi connectivity index (χ3n) is 3.39. The van der Waals surface area contributed by atoms with Gasteiger partial charge in [0.25, 0.3) is 0 Å². The number of nitrogen functional groups attached to an aromatic ring is 1. The molecule has 0 fully saturated rings. The molecule has 3 heteroatoms. The van der Waals surface area contributed by atoms with Crippen LogP contribution in [0, 0.1) is 18.3 Å². The first-order valence-corrected chi connectivity index (χ1v) is 6.08. The van der Waals surface area contributed by atoms with E-state index in [2.05, 4.69) is 6.07 Å². The minimum Gasteiger partial charge on any atom is -0.397 e. The van der Waals surface area contributed by atoms with Gasteiger partial charge in [-0.1, -0.05) is 36.4 Å². The van der Waals surface area contributed by atoms with E-state index >= 15 is 0 Å². The molecule has 0 aliphatic carbocycles. The molecule has 0 radical (unpaired) electrons. The molecule has 0 unspecified atom stereocenters. The number of benzene rings is 2. The molecule has 92 valence electrons. The van der Waals surface area contributed by atoms with E-state index in [4.69, 9.17) is 5.73 Å². The highest BCUT2D eigenvalue weighted by Crippen LogP contribution is 2.28. The van der Waals surface area contributed by atoms with Gasteiger partial charge in [0.05, 0.1) is 11.4 Å². The van der Waals surface area contributed by atoms with Gasteiger partial charge in [0, 0.05) is 17.0 Å². The summed E-state index contributed by atoms with van der Waals surface area (Å²) in [5, 5.41) is 11.4. The van der Waals surface area contributed by atoms with E-state index in [9.17, 15) is 5.26 Å². The Hall–Kier alpha value is -2.73. The normalized spacial score (nSPS) is 10.5. The van der Waals surface area contributed by atoms with Crippen molar-refractivity contribution in [2.75, 3.05) is 5.73 Å². The van der Waals surface area contributed by atoms with Crippen LogP contribution in [-0.2, 0) is 0 Å². The van der Waals surface area contributed by atoms with E-state index in [1.807, 2.05) is 60.2 Å². The van der Waals surface area contributed by atoms with Crippen LogP contribution in [0.15, 0.2) is 48.7 Å². The second-order valence-corrected chi connectivity index (χ2v) is 4.55. The second kappa shape index (κ2) is 4.18. The Labute approximate surface area is 111 Å². The van der Waals surface area contributed by atoms with Crippen LogP contribution in [0.1, 0.15) is 11.3 Å². The third-order valence-corrected chi connectivity index (χ3v) is 3.39. The van der Waals surface area contributed by atoms with E-state index in [1.165, 1.54) is 0 Å². The molecule has 2 N–H and O–H groups in total. The van der Waals surface area contributed by atoms with Gasteiger partial charge in [0.15, 0.2) is 0 Å². The minimum atomic E-state index is 0.618. The van der Waals surface area contributed by atoms with Crippen LogP contribution < -0.4 is 5.73 Å². The average molecular weight is 247 g/mol. The fourth-order valence-electron chi connectivity index (χ4n) is 2.34. The molecule has 0 atom stereocenters. The van der Waals surface area contributed by atoms with Crippen molar-refractivity contribution in [3.05, 3.63) is 59.9 Å². The van der Waals surface area contributed by atoms with Crippen LogP contribution in [0.25, 0.3) is 16.5 Å². The smallest absolute Gasteiger partial charge is 0.132 e. The highest BCUT2D eigenvalue weighted by atomic mass is 15.0. The number of fused-ring (bicyclic) bond motifs is 1. The molecular weight excluding hydrogens is 234 g/mol. The van der Waals surface area contributed by atoms with E-state index in [0.29, 0.717) is 11.4 Å². The fourth-order valence-corrected chi connectivity index (χ4v) is 2.34. The molecule has 1 heterocycles. The predicted octanol–water partition coefficient (Wildman–Crippen LogP) is 3.39. The molecule has 2 aromatic carbocycles. The Balaban J connectivity index is 2.37. The molecule has 0 aliphatic heterocycles. The SMILES string of the molecule is Cc1cccc(-n2cc3ccccc3c2C#N)c1N. The number of hydrogen-bond donors (Lipinski definition) is 1. The van der Waals surface area contributed by atoms with Gasteiger partial charge in [-0.05, 0) is 18.6 Å². The predicted molar refractivity (Wildman–Crippen MR) is 77.1 cm³/mol. The molecule has 3 rings (SSSR count). The zero-order valence-electron chi connectivity index (χ0n) is 10.6. The van der Waals surface area contributed by atoms with E-state index in [1.54, 1.807) is 0 Å². The summed E-state index contributed by atoms with van der Waals surface area (Å²) >= 11 is 0. The lowest BCUT2D eigenvalue weighted by molar-refractivity contribution is 1.06. The Kier molecular flexibility index (Phi) is 2.50. The van der Waals surface area contributed by atoms with Gasteiger partial charge in [-0.3, -0.25) is 0 Å². The average Bonchev–Trinajstić information content (AvgIpc) is 2.80. The molecule has 0 saturated heterocycles. The van der Waals surface area contributed by atoms with Crippen LogP contribution in [0.2, 0.25) is 0 Å². The largest absolute Gasteiger partial charge is 0.397 e. The summed E-state index contributed by atoms with van der Waals surface area (Å²) in [5.41, 5.74) is 9.32. The Morgan fingerprint density at radius 3 is 2.68 bits per heavy atom. The van der Waals surface area contributed by atoms with Crippen molar-refractivity contribution < 1.29 is 0 Å². The molecule has 0 amide bonds. The Morgan fingerprint density at radius 1 is 1.11 bits per heavy atom. The van der Waals surface area contributed by atoms with Gasteiger partial charge in [0.2, 0.25) is 0 Å². The summed E-state index contributed by atoms with van der Waals surface area (Å²) in [7, 11) is 0. The lowest BCUT2D eigenvalue weighted by atomic mass is 10.1. The summed E-state index contributed by atoms with van der Waals surface area (Å²) in [6, 6.07) is 16.0. The number of nitrogens with zero attached hydrogens (tertiary/aromatic N) is 2. The zero-order valence-corrected chi connectivity index (χ0v) is 10.6. The maximum absolute atomic E-state index is 9.42. The molecule has 0 saturated carbocycles. The van der Waals surface area contributed by atoms with Crippen molar-refractivity contribution >= 4 is 16.5 Å². The number of rotatable bonds is 1. The number of anilines is 1. The molecule has 1 aromatic heterocycles. The lowest BCUT2D eigenvalue weighted by Gasteiger charge is -2.10. The summed E-state index contributed by atoms with van der Waals surface area (Å²) in [6.07, 6.45) is 1.96. The van der Waals surface area contributed by atoms with Crippen LogP contribution in [0.4, 0.5) is 5.69 Å². The monoisotopic (exact) mass is 247 g/mol. The second-order valence-electron chi connectivity index (χ2n) is 4.55. The number of aromatic nitrogens is 1. The summed E-state index contributed by atoms with van der Waals surface area (Å²) in [4.78, 5) is 0. The molecule has 0 spiro atoms. The van der Waals surface area contributed by atoms with Gasteiger partial charge in [-0.15, -0.1) is 0 Å². The van der Waals surface area contributed by atoms with Gasteiger partial charge in [0.1, 0.15) is 11.8 Å². The van der Waals surface area contributed by atoms with Crippen LogP contribution in [0.3, 0.4) is 0 Å². The van der Waals surface area contributed by atoms with E-state index in [-0.39, 0.29) is 0 Å². The summed E-state index contributed by atoms with van der Waals surface area (Å²) < 4.78 is 1.87. The molecule has 0 aliphatic rings. The molecule has 19 heavy (non-hydrogen) atoms. The number of aryl methyl sites for hydroxylation is 1. The standard InChI is InChI=1S/C16H13N3/c1-11-5-4-8-14(16(11)18)19-10-12-6-2-3-7-13(12)15(19)9-17/h2-8,10H,18H2,1H3. The molecule has 3 aromatic rings. The van der Waals surface area contributed by atoms with Crippen molar-refractivity contribution in [2.24, 2.45) is 0 Å². The van der Waals surface area contributed by atoms with Crippen LogP contribution in [-0.4, -0.2) is 4.57 Å². The fraction of sp³-hybridized carbons (Fsp3) is 0.0625. The van der Waals surface area contributed by atoms with E-state index in [0.717, 1.165) is 22.0 Å². The maximum Gasteiger partial charge on any atom is 0.132 e. The minimum absolute atomic E-state index is 0.618. The third kappa shape index (κ3) is 1.66. The first kappa shape index (κ1) is 11.4. The number of nitriles is 1. The Morgan fingerprint density at radius 2 is 1.89 bits per heavy atom. The van der Waals surface area contributed by atoms with Crippen molar-refractivity contribution in [3.8, 4) is 11.8 Å². The highest BCUT2D eigenvalue weighted by Gasteiger charge is 2.12. The number of para-hydroxylation sites is 1. The van der Waals surface area contributed by atoms with Crippen molar-refractivity contribution in [1.82, 2.24) is 4.57 Å². The van der Waals surface area contributed by atoms with Crippen LogP contribution >= 0.6 is 0 Å². The van der Waals surface area contributed by atoms with Crippen molar-refractivity contribution in [1.29, 1.82) is 5.26 Å². The maximum atomic E-state index is 9.42. The first-order chi connectivity index (χ1) is 9.22. The zero-order chi connectivity index (χ0) is 13.4. The topological polar surface area (TPSA) is 54.7 Å². The number of hydrogen-bond acceptors (Lipinski definition) is 2. The van der Waals surface area contributed by atoms with Crippen LogP contribution in [0.5, 0.6) is 0 Å². The van der Waals surface area contributed by atoms with Crippen molar-refractivity contribution in [2.45, 2.75) is 6.92 Å². The molecule has 3 nitrogen and oxygen atoms in total. The first-order valence-electron chi connectivity index (χ1n) is 6.08. The summed E-state index contributed by atoms with van der Waals surface area (Å²) in [5.74, 6) is 0. The van der Waals surface area contributed by atoms with Gasteiger partial charge in [-0.25, -0.2) is 0 Å². The Bertz CT molecular complexity index is 806. The quantitative estimate of drug-likeness (QED) is 0.670. The van der Waals surface area contributed by atoms with Gasteiger partial charge < -0.3 is 10.3 Å². The molecular formula is C16H13N3. The van der Waals surface area contributed by atoms with Gasteiger partial charge >= 0.3 is 0 Å². The van der Waals surface area contributed by atoms with Gasteiger partial charge in [-0.2, -0.15) is 5.26 Å². The van der Waals surface area contributed by atoms with E-state index < -0.39 is 0 Å².